The van der Waals surface area contributed by atoms with Gasteiger partial charge < -0.3 is 10.4 Å². The van der Waals surface area contributed by atoms with Gasteiger partial charge in [-0.2, -0.15) is 0 Å². The highest BCUT2D eigenvalue weighted by atomic mass is 16.4. The second kappa shape index (κ2) is 4.81. The van der Waals surface area contributed by atoms with Gasteiger partial charge in [0.2, 0.25) is 0 Å². The molecule has 1 aromatic rings. The number of benzene rings is 1. The summed E-state index contributed by atoms with van der Waals surface area (Å²) in [6.45, 7) is 1.55. The average Bonchev–Trinajstić information content (AvgIpc) is 2.31. The highest BCUT2D eigenvalue weighted by Gasteiger charge is 2.19. The van der Waals surface area contributed by atoms with Gasteiger partial charge in [-0.25, -0.2) is 4.79 Å². The van der Waals surface area contributed by atoms with Crippen molar-refractivity contribution >= 4 is 11.8 Å². The van der Waals surface area contributed by atoms with Crippen molar-refractivity contribution < 1.29 is 9.90 Å². The molecule has 1 aliphatic heterocycles. The second-order valence-corrected chi connectivity index (χ2v) is 3.60. The maximum atomic E-state index is 11.3. The molecule has 1 aliphatic rings. The van der Waals surface area contributed by atoms with Crippen LogP contribution in [0.5, 0.6) is 0 Å². The van der Waals surface area contributed by atoms with Crippen LogP contribution < -0.4 is 10.2 Å². The molecule has 2 N–H and O–H groups in total. The Hall–Kier alpha value is -1.81. The molecule has 4 heteroatoms. The maximum absolute atomic E-state index is 11.3. The van der Waals surface area contributed by atoms with E-state index < -0.39 is 6.09 Å². The van der Waals surface area contributed by atoms with E-state index in [1.54, 1.807) is 12.1 Å². The lowest BCUT2D eigenvalue weighted by molar-refractivity contribution is 0.203. The summed E-state index contributed by atoms with van der Waals surface area (Å²) in [4.78, 5) is 12.6. The first-order chi connectivity index (χ1) is 7.79. The first-order valence-electron chi connectivity index (χ1n) is 5.27. The van der Waals surface area contributed by atoms with E-state index in [2.05, 4.69) is 5.32 Å². The molecular formula is C12H14N2O2. The summed E-state index contributed by atoms with van der Waals surface area (Å²) >= 11 is 0. The van der Waals surface area contributed by atoms with Crippen LogP contribution in [0, 0.1) is 0 Å². The van der Waals surface area contributed by atoms with Crippen LogP contribution in [0.2, 0.25) is 0 Å². The lowest BCUT2D eigenvalue weighted by Crippen LogP contribution is -2.33. The molecule has 4 nitrogen and oxygen atoms in total. The fraction of sp³-hybridized carbons (Fsp3) is 0.250. The van der Waals surface area contributed by atoms with E-state index in [0.717, 1.165) is 25.2 Å². The molecule has 0 radical (unpaired) electrons. The van der Waals surface area contributed by atoms with Crippen molar-refractivity contribution in [3.63, 3.8) is 0 Å². The summed E-state index contributed by atoms with van der Waals surface area (Å²) < 4.78 is 0. The molecule has 0 aromatic heterocycles. The first kappa shape index (κ1) is 10.7. The zero-order chi connectivity index (χ0) is 11.4. The van der Waals surface area contributed by atoms with Crippen LogP contribution in [-0.2, 0) is 0 Å². The molecule has 16 heavy (non-hydrogen) atoms. The third-order valence-corrected chi connectivity index (χ3v) is 2.53. The van der Waals surface area contributed by atoms with E-state index in [0.29, 0.717) is 5.69 Å². The minimum absolute atomic E-state index is 0.697. The average molecular weight is 218 g/mol. The Morgan fingerprint density at radius 1 is 1.31 bits per heavy atom. The number of para-hydroxylation sites is 1. The zero-order valence-electron chi connectivity index (χ0n) is 8.89. The monoisotopic (exact) mass is 218 g/mol. The van der Waals surface area contributed by atoms with E-state index in [1.807, 2.05) is 24.3 Å². The quantitative estimate of drug-likeness (QED) is 0.798. The van der Waals surface area contributed by atoms with Crippen molar-refractivity contribution in [2.45, 2.75) is 6.42 Å². The summed E-state index contributed by atoms with van der Waals surface area (Å²) in [5.74, 6) is 0. The Morgan fingerprint density at radius 2 is 2.06 bits per heavy atom. The highest BCUT2D eigenvalue weighted by molar-refractivity contribution is 5.89. The van der Waals surface area contributed by atoms with Crippen LogP contribution in [-0.4, -0.2) is 24.3 Å². The van der Waals surface area contributed by atoms with Crippen LogP contribution in [0.25, 0.3) is 0 Å². The van der Waals surface area contributed by atoms with Crippen molar-refractivity contribution in [1.29, 1.82) is 0 Å². The van der Waals surface area contributed by atoms with Crippen LogP contribution in [0.15, 0.2) is 42.1 Å². The van der Waals surface area contributed by atoms with Crippen LogP contribution >= 0.6 is 0 Å². The molecule has 1 amide bonds. The molecule has 1 heterocycles. The summed E-state index contributed by atoms with van der Waals surface area (Å²) in [7, 11) is 0. The van der Waals surface area contributed by atoms with Crippen molar-refractivity contribution in [3.05, 3.63) is 42.1 Å². The predicted octanol–water partition coefficient (Wildman–Crippen LogP) is 2.05. The Balaban J connectivity index is 2.31. The number of hydrogen-bond acceptors (Lipinski definition) is 2. The van der Waals surface area contributed by atoms with E-state index in [-0.39, 0.29) is 0 Å². The number of rotatable bonds is 2. The fourth-order valence-corrected chi connectivity index (χ4v) is 1.79. The minimum atomic E-state index is -0.931. The van der Waals surface area contributed by atoms with Gasteiger partial charge in [-0.15, -0.1) is 0 Å². The lowest BCUT2D eigenvalue weighted by Gasteiger charge is -2.25. The maximum Gasteiger partial charge on any atom is 0.416 e. The van der Waals surface area contributed by atoms with Crippen molar-refractivity contribution in [1.82, 2.24) is 5.32 Å². The SMILES string of the molecule is O=C(O)N(C1=CCNCC1)c1ccccc1. The molecule has 0 atom stereocenters. The zero-order valence-corrected chi connectivity index (χ0v) is 8.89. The van der Waals surface area contributed by atoms with Gasteiger partial charge in [0, 0.05) is 25.2 Å². The Labute approximate surface area is 94.2 Å². The molecule has 0 saturated carbocycles. The fourth-order valence-electron chi connectivity index (χ4n) is 1.79. The van der Waals surface area contributed by atoms with Crippen molar-refractivity contribution in [3.8, 4) is 0 Å². The summed E-state index contributed by atoms with van der Waals surface area (Å²) in [5, 5.41) is 12.4. The summed E-state index contributed by atoms with van der Waals surface area (Å²) in [5.41, 5.74) is 1.54. The van der Waals surface area contributed by atoms with Gasteiger partial charge in [-0.05, 0) is 12.1 Å². The molecule has 1 aromatic carbocycles. The topological polar surface area (TPSA) is 52.6 Å². The highest BCUT2D eigenvalue weighted by Crippen LogP contribution is 2.21. The Bertz CT molecular complexity index is 401. The van der Waals surface area contributed by atoms with Gasteiger partial charge in [0.1, 0.15) is 0 Å². The first-order valence-corrected chi connectivity index (χ1v) is 5.27. The normalized spacial score (nSPS) is 15.4. The third-order valence-electron chi connectivity index (χ3n) is 2.53. The molecule has 0 unspecified atom stereocenters. The van der Waals surface area contributed by atoms with Gasteiger partial charge in [0.15, 0.2) is 0 Å². The van der Waals surface area contributed by atoms with Crippen LogP contribution in [0.4, 0.5) is 10.5 Å². The lowest BCUT2D eigenvalue weighted by atomic mass is 10.2. The summed E-state index contributed by atoms with van der Waals surface area (Å²) in [6.07, 6.45) is 1.73. The largest absolute Gasteiger partial charge is 0.464 e. The number of nitrogens with zero attached hydrogens (tertiary/aromatic N) is 1. The Morgan fingerprint density at radius 3 is 2.62 bits per heavy atom. The van der Waals surface area contributed by atoms with Gasteiger partial charge in [0.05, 0.1) is 5.69 Å². The van der Waals surface area contributed by atoms with E-state index in [4.69, 9.17) is 0 Å². The van der Waals surface area contributed by atoms with Gasteiger partial charge >= 0.3 is 6.09 Å². The van der Waals surface area contributed by atoms with E-state index in [1.165, 1.54) is 4.90 Å². The molecule has 0 saturated heterocycles. The number of nitrogens with one attached hydrogen (secondary N) is 1. The van der Waals surface area contributed by atoms with Gasteiger partial charge in [-0.3, -0.25) is 4.90 Å². The number of carboxylic acid groups (broad SMARTS) is 1. The van der Waals surface area contributed by atoms with Crippen molar-refractivity contribution in [2.75, 3.05) is 18.0 Å². The van der Waals surface area contributed by atoms with E-state index in [9.17, 15) is 9.90 Å². The van der Waals surface area contributed by atoms with Gasteiger partial charge in [-0.1, -0.05) is 24.3 Å². The predicted molar refractivity (Wildman–Crippen MR) is 62.5 cm³/mol. The standard InChI is InChI=1S/C12H14N2O2/c15-12(16)14(10-4-2-1-3-5-10)11-6-8-13-9-7-11/h1-6,13H,7-9H2,(H,15,16). The molecule has 2 rings (SSSR count). The number of carbonyl (C=O) groups is 1. The molecule has 84 valence electrons. The smallest absolute Gasteiger partial charge is 0.416 e. The number of anilines is 1. The molecule has 0 spiro atoms. The van der Waals surface area contributed by atoms with Gasteiger partial charge in [0.25, 0.3) is 0 Å². The molecular weight excluding hydrogens is 204 g/mol. The molecule has 0 aliphatic carbocycles. The van der Waals surface area contributed by atoms with Crippen molar-refractivity contribution in [2.24, 2.45) is 0 Å². The van der Waals surface area contributed by atoms with Crippen LogP contribution in [0.1, 0.15) is 6.42 Å². The van der Waals surface area contributed by atoms with E-state index >= 15 is 0 Å². The summed E-state index contributed by atoms with van der Waals surface area (Å²) in [6, 6.07) is 9.16. The second-order valence-electron chi connectivity index (χ2n) is 3.60. The minimum Gasteiger partial charge on any atom is -0.464 e. The Kier molecular flexibility index (Phi) is 3.22. The number of hydrogen-bond donors (Lipinski definition) is 2. The third kappa shape index (κ3) is 2.23. The molecule has 0 bridgehead atoms. The molecule has 0 fully saturated rings. The number of amides is 1. The van der Waals surface area contributed by atoms with Crippen LogP contribution in [0.3, 0.4) is 0 Å².